The van der Waals surface area contributed by atoms with E-state index < -0.39 is 11.7 Å². The molecule has 1 unspecified atom stereocenters. The molecular weight excluding hydrogens is 281 g/mol. The number of benzene rings is 1. The lowest BCUT2D eigenvalue weighted by atomic mass is 9.99. The summed E-state index contributed by atoms with van der Waals surface area (Å²) in [6, 6.07) is 4.91. The monoisotopic (exact) mass is 298 g/mol. The number of hydrogen-bond donors (Lipinski definition) is 2. The second-order valence-corrected chi connectivity index (χ2v) is 4.96. The maximum atomic E-state index is 12.5. The van der Waals surface area contributed by atoms with E-state index in [9.17, 15) is 13.2 Å². The average Bonchev–Trinajstić information content (AvgIpc) is 2.74. The van der Waals surface area contributed by atoms with Crippen LogP contribution in [-0.2, 0) is 19.6 Å². The largest absolute Gasteiger partial charge is 0.416 e. The van der Waals surface area contributed by atoms with Gasteiger partial charge in [0.1, 0.15) is 0 Å². The van der Waals surface area contributed by atoms with Crippen molar-refractivity contribution in [1.82, 2.24) is 15.2 Å². The third kappa shape index (κ3) is 3.62. The van der Waals surface area contributed by atoms with Crippen LogP contribution in [0, 0.1) is 6.92 Å². The van der Waals surface area contributed by atoms with Crippen LogP contribution in [0.4, 0.5) is 13.2 Å². The molecule has 0 aliphatic heterocycles. The summed E-state index contributed by atoms with van der Waals surface area (Å²) in [5, 5.41) is 4.24. The fourth-order valence-electron chi connectivity index (χ4n) is 2.28. The van der Waals surface area contributed by atoms with Crippen molar-refractivity contribution in [2.45, 2.75) is 25.6 Å². The Labute approximate surface area is 120 Å². The Balaban J connectivity index is 2.17. The van der Waals surface area contributed by atoms with Crippen LogP contribution >= 0.6 is 0 Å². The molecular formula is C14H17F3N4. The second-order valence-electron chi connectivity index (χ2n) is 4.96. The number of aromatic nitrogens is 2. The van der Waals surface area contributed by atoms with Gasteiger partial charge in [-0.1, -0.05) is 12.1 Å². The van der Waals surface area contributed by atoms with Gasteiger partial charge in [0.2, 0.25) is 0 Å². The molecule has 3 N–H and O–H groups in total. The van der Waals surface area contributed by atoms with E-state index in [0.717, 1.165) is 29.0 Å². The van der Waals surface area contributed by atoms with Gasteiger partial charge < -0.3 is 0 Å². The Morgan fingerprint density at radius 1 is 1.29 bits per heavy atom. The van der Waals surface area contributed by atoms with Gasteiger partial charge in [-0.3, -0.25) is 16.0 Å². The fraction of sp³-hybridized carbons (Fsp3) is 0.357. The van der Waals surface area contributed by atoms with Crippen LogP contribution in [0.5, 0.6) is 0 Å². The van der Waals surface area contributed by atoms with Gasteiger partial charge in [-0.25, -0.2) is 0 Å². The summed E-state index contributed by atoms with van der Waals surface area (Å²) in [5.41, 5.74) is 4.58. The number of nitrogens with two attached hydrogens (primary N) is 1. The van der Waals surface area contributed by atoms with Crippen LogP contribution in [-0.4, -0.2) is 9.78 Å². The minimum absolute atomic E-state index is 0.199. The number of alkyl halides is 3. The van der Waals surface area contributed by atoms with E-state index in [1.54, 1.807) is 4.68 Å². The fourth-order valence-corrected chi connectivity index (χ4v) is 2.28. The highest BCUT2D eigenvalue weighted by Gasteiger charge is 2.30. The van der Waals surface area contributed by atoms with Crippen molar-refractivity contribution >= 4 is 0 Å². The first-order valence-electron chi connectivity index (χ1n) is 6.43. The van der Waals surface area contributed by atoms with Crippen LogP contribution < -0.4 is 11.3 Å². The average molecular weight is 298 g/mol. The predicted molar refractivity (Wildman–Crippen MR) is 73.2 cm³/mol. The van der Waals surface area contributed by atoms with Gasteiger partial charge in [0, 0.05) is 18.8 Å². The van der Waals surface area contributed by atoms with Crippen molar-refractivity contribution in [3.63, 3.8) is 0 Å². The van der Waals surface area contributed by atoms with Crippen molar-refractivity contribution in [1.29, 1.82) is 0 Å². The van der Waals surface area contributed by atoms with Crippen LogP contribution in [0.2, 0.25) is 0 Å². The number of nitrogens with zero attached hydrogens (tertiary/aromatic N) is 2. The summed E-state index contributed by atoms with van der Waals surface area (Å²) in [6.07, 6.45) is -1.98. The Hall–Kier alpha value is -1.86. The first-order valence-corrected chi connectivity index (χ1v) is 6.43. The number of rotatable bonds is 4. The Kier molecular flexibility index (Phi) is 4.34. The summed E-state index contributed by atoms with van der Waals surface area (Å²) in [6.45, 7) is 1.87. The highest BCUT2D eigenvalue weighted by atomic mass is 19.4. The molecule has 21 heavy (non-hydrogen) atoms. The lowest BCUT2D eigenvalue weighted by Gasteiger charge is -2.16. The zero-order valence-electron chi connectivity index (χ0n) is 11.8. The molecule has 0 aliphatic rings. The molecule has 114 valence electrons. The van der Waals surface area contributed by atoms with E-state index in [4.69, 9.17) is 5.84 Å². The van der Waals surface area contributed by atoms with E-state index in [2.05, 4.69) is 10.5 Å². The zero-order valence-corrected chi connectivity index (χ0v) is 11.8. The quantitative estimate of drug-likeness (QED) is 0.673. The highest BCUT2D eigenvalue weighted by Crippen LogP contribution is 2.29. The SMILES string of the molecule is Cc1nn(C)cc1C(Cc1ccc(C(F)(F)F)cc1)NN. The summed E-state index contributed by atoms with van der Waals surface area (Å²) in [5.74, 6) is 5.56. The molecule has 0 aliphatic carbocycles. The van der Waals surface area contributed by atoms with Gasteiger partial charge in [-0.05, 0) is 31.0 Å². The molecule has 0 radical (unpaired) electrons. The van der Waals surface area contributed by atoms with Gasteiger partial charge in [0.05, 0.1) is 17.3 Å². The first kappa shape index (κ1) is 15.5. The minimum atomic E-state index is -4.32. The summed E-state index contributed by atoms with van der Waals surface area (Å²) in [4.78, 5) is 0. The molecule has 0 spiro atoms. The molecule has 2 rings (SSSR count). The van der Waals surface area contributed by atoms with Crippen molar-refractivity contribution in [3.8, 4) is 0 Å². The number of hydrazine groups is 1. The highest BCUT2D eigenvalue weighted by molar-refractivity contribution is 5.28. The van der Waals surface area contributed by atoms with Gasteiger partial charge in [0.15, 0.2) is 0 Å². The van der Waals surface area contributed by atoms with Gasteiger partial charge >= 0.3 is 6.18 Å². The van der Waals surface area contributed by atoms with E-state index in [1.807, 2.05) is 20.2 Å². The topological polar surface area (TPSA) is 55.9 Å². The first-order chi connectivity index (χ1) is 9.81. The number of nitrogens with one attached hydrogen (secondary N) is 1. The van der Waals surface area contributed by atoms with Crippen LogP contribution in [0.25, 0.3) is 0 Å². The molecule has 1 aromatic carbocycles. The molecule has 1 atom stereocenters. The second kappa shape index (κ2) is 5.87. The number of halogens is 3. The Morgan fingerprint density at radius 3 is 2.33 bits per heavy atom. The molecule has 0 amide bonds. The van der Waals surface area contributed by atoms with E-state index in [0.29, 0.717) is 6.42 Å². The maximum absolute atomic E-state index is 12.5. The molecule has 7 heteroatoms. The van der Waals surface area contributed by atoms with Crippen LogP contribution in [0.3, 0.4) is 0 Å². The summed E-state index contributed by atoms with van der Waals surface area (Å²) >= 11 is 0. The minimum Gasteiger partial charge on any atom is -0.275 e. The Bertz CT molecular complexity index is 602. The van der Waals surface area contributed by atoms with Gasteiger partial charge in [0.25, 0.3) is 0 Å². The zero-order chi connectivity index (χ0) is 15.6. The van der Waals surface area contributed by atoms with E-state index >= 15 is 0 Å². The lowest BCUT2D eigenvalue weighted by molar-refractivity contribution is -0.137. The van der Waals surface area contributed by atoms with Crippen LogP contribution in [0.1, 0.15) is 28.4 Å². The molecule has 0 saturated heterocycles. The Morgan fingerprint density at radius 2 is 1.90 bits per heavy atom. The maximum Gasteiger partial charge on any atom is 0.416 e. The van der Waals surface area contributed by atoms with E-state index in [-0.39, 0.29) is 6.04 Å². The molecule has 2 aromatic rings. The lowest BCUT2D eigenvalue weighted by Crippen LogP contribution is -2.29. The number of aryl methyl sites for hydroxylation is 2. The number of hydrogen-bond acceptors (Lipinski definition) is 3. The summed E-state index contributed by atoms with van der Waals surface area (Å²) < 4.78 is 39.3. The van der Waals surface area contributed by atoms with E-state index in [1.165, 1.54) is 12.1 Å². The van der Waals surface area contributed by atoms with Crippen molar-refractivity contribution in [2.75, 3.05) is 0 Å². The molecule has 0 fully saturated rings. The van der Waals surface area contributed by atoms with Crippen molar-refractivity contribution < 1.29 is 13.2 Å². The van der Waals surface area contributed by atoms with Gasteiger partial charge in [-0.2, -0.15) is 18.3 Å². The predicted octanol–water partition coefficient (Wildman–Crippen LogP) is 2.49. The summed E-state index contributed by atoms with van der Waals surface area (Å²) in [7, 11) is 1.81. The van der Waals surface area contributed by atoms with Gasteiger partial charge in [-0.15, -0.1) is 0 Å². The molecule has 4 nitrogen and oxygen atoms in total. The molecule has 0 bridgehead atoms. The normalized spacial score (nSPS) is 13.4. The van der Waals surface area contributed by atoms with Crippen LogP contribution in [0.15, 0.2) is 30.5 Å². The third-order valence-corrected chi connectivity index (χ3v) is 3.35. The standard InChI is InChI=1S/C14H17F3N4/c1-9-12(8-21(2)20-9)13(19-18)7-10-3-5-11(6-4-10)14(15,16)17/h3-6,8,13,19H,7,18H2,1-2H3. The third-order valence-electron chi connectivity index (χ3n) is 3.35. The smallest absolute Gasteiger partial charge is 0.275 e. The molecule has 0 saturated carbocycles. The van der Waals surface area contributed by atoms with Crippen molar-refractivity contribution in [2.24, 2.45) is 12.9 Å². The molecule has 1 heterocycles. The van der Waals surface area contributed by atoms with Crippen molar-refractivity contribution in [3.05, 3.63) is 52.8 Å². The molecule has 1 aromatic heterocycles.